The Morgan fingerprint density at radius 2 is 1.97 bits per heavy atom. The van der Waals surface area contributed by atoms with E-state index < -0.39 is 21.9 Å². The molecule has 0 fully saturated rings. The Morgan fingerprint density at radius 3 is 2.69 bits per heavy atom. The van der Waals surface area contributed by atoms with Gasteiger partial charge in [-0.15, -0.1) is 0 Å². The topological polar surface area (TPSA) is 106 Å². The third kappa shape index (κ3) is 5.22. The van der Waals surface area contributed by atoms with E-state index in [4.69, 9.17) is 9.47 Å². The Hall–Kier alpha value is -3.43. The van der Waals surface area contributed by atoms with Crippen molar-refractivity contribution >= 4 is 16.0 Å². The van der Waals surface area contributed by atoms with Crippen molar-refractivity contribution in [1.29, 1.82) is 0 Å². The molecule has 190 valence electrons. The first-order chi connectivity index (χ1) is 17.1. The van der Waals surface area contributed by atoms with Crippen molar-refractivity contribution in [2.45, 2.75) is 50.7 Å². The van der Waals surface area contributed by atoms with Gasteiger partial charge in [-0.25, -0.2) is 8.42 Å². The van der Waals surface area contributed by atoms with Gasteiger partial charge in [-0.1, -0.05) is 30.3 Å². The highest BCUT2D eigenvalue weighted by atomic mass is 32.2. The number of benzene rings is 2. The number of aromatic nitrogens is 1. The van der Waals surface area contributed by atoms with Gasteiger partial charge < -0.3 is 14.6 Å². The summed E-state index contributed by atoms with van der Waals surface area (Å²) >= 11 is 0. The Balaban J connectivity index is 1.75. The summed E-state index contributed by atoms with van der Waals surface area (Å²) in [6.45, 7) is 5.93. The van der Waals surface area contributed by atoms with Gasteiger partial charge in [0.15, 0.2) is 0 Å². The second-order valence-corrected chi connectivity index (χ2v) is 11.0. The summed E-state index contributed by atoms with van der Waals surface area (Å²) in [4.78, 5) is 16.3. The molecule has 1 N–H and O–H groups in total. The molecule has 1 unspecified atom stereocenters. The van der Waals surface area contributed by atoms with Gasteiger partial charge in [-0.05, 0) is 61.2 Å². The number of methoxy groups -OCH3 is 1. The van der Waals surface area contributed by atoms with E-state index in [1.165, 1.54) is 11.4 Å². The first-order valence-corrected chi connectivity index (χ1v) is 13.1. The molecule has 9 heteroatoms. The van der Waals surface area contributed by atoms with Crippen LogP contribution in [0.25, 0.3) is 0 Å². The SMILES string of the molecule is COc1cnc(C)c(C(CC(=O)O)c2ccc(C)c(CN3C[C@@H](C)Oc4ccccc4S3(=O)=O)c2)c1. The lowest BCUT2D eigenvalue weighted by molar-refractivity contribution is -0.137. The van der Waals surface area contributed by atoms with Crippen LogP contribution in [0.15, 0.2) is 59.6 Å². The van der Waals surface area contributed by atoms with Gasteiger partial charge in [0.1, 0.15) is 22.5 Å². The average molecular weight is 511 g/mol. The quantitative estimate of drug-likeness (QED) is 0.506. The molecule has 2 atom stereocenters. The number of hydrogen-bond acceptors (Lipinski definition) is 6. The molecule has 2 aromatic carbocycles. The summed E-state index contributed by atoms with van der Waals surface area (Å²) in [5, 5.41) is 9.68. The molecule has 0 saturated carbocycles. The first kappa shape index (κ1) is 25.7. The zero-order valence-electron chi connectivity index (χ0n) is 20.8. The van der Waals surface area contributed by atoms with Crippen molar-refractivity contribution in [2.75, 3.05) is 13.7 Å². The Morgan fingerprint density at radius 1 is 1.22 bits per heavy atom. The highest BCUT2D eigenvalue weighted by Gasteiger charge is 2.33. The van der Waals surface area contributed by atoms with E-state index in [-0.39, 0.29) is 30.5 Å². The van der Waals surface area contributed by atoms with Gasteiger partial charge >= 0.3 is 5.97 Å². The second-order valence-electron chi connectivity index (χ2n) is 9.06. The molecular formula is C27H30N2O6S. The molecule has 0 radical (unpaired) electrons. The number of pyridine rings is 1. The monoisotopic (exact) mass is 510 g/mol. The van der Waals surface area contributed by atoms with Crippen molar-refractivity contribution in [1.82, 2.24) is 9.29 Å². The van der Waals surface area contributed by atoms with Crippen LogP contribution in [0.1, 0.15) is 47.2 Å². The fourth-order valence-electron chi connectivity index (χ4n) is 4.53. The number of carboxylic acid groups (broad SMARTS) is 1. The minimum atomic E-state index is -3.80. The molecule has 1 aliphatic heterocycles. The molecule has 0 saturated heterocycles. The van der Waals surface area contributed by atoms with Gasteiger partial charge in [0.2, 0.25) is 10.0 Å². The largest absolute Gasteiger partial charge is 0.495 e. The van der Waals surface area contributed by atoms with Gasteiger partial charge in [-0.2, -0.15) is 4.31 Å². The van der Waals surface area contributed by atoms with Crippen LogP contribution in [-0.2, 0) is 21.4 Å². The number of sulfonamides is 1. The summed E-state index contributed by atoms with van der Waals surface area (Å²) in [6, 6.07) is 14.2. The lowest BCUT2D eigenvalue weighted by Gasteiger charge is -2.24. The number of fused-ring (bicyclic) bond motifs is 1. The van der Waals surface area contributed by atoms with E-state index >= 15 is 0 Å². The number of nitrogens with zero attached hydrogens (tertiary/aromatic N) is 2. The zero-order valence-corrected chi connectivity index (χ0v) is 21.6. The van der Waals surface area contributed by atoms with E-state index in [9.17, 15) is 18.3 Å². The smallest absolute Gasteiger partial charge is 0.304 e. The molecule has 0 bridgehead atoms. The van der Waals surface area contributed by atoms with E-state index in [0.717, 1.165) is 22.3 Å². The Labute approximate surface area is 211 Å². The van der Waals surface area contributed by atoms with Crippen LogP contribution in [0.3, 0.4) is 0 Å². The van der Waals surface area contributed by atoms with E-state index in [1.54, 1.807) is 30.5 Å². The molecule has 8 nitrogen and oxygen atoms in total. The van der Waals surface area contributed by atoms with Crippen LogP contribution in [0, 0.1) is 13.8 Å². The highest BCUT2D eigenvalue weighted by Crippen LogP contribution is 2.35. The number of aryl methyl sites for hydroxylation is 2. The summed E-state index contributed by atoms with van der Waals surface area (Å²) in [7, 11) is -2.26. The number of hydrogen-bond donors (Lipinski definition) is 1. The number of carboxylic acids is 1. The lowest BCUT2D eigenvalue weighted by atomic mass is 9.86. The summed E-state index contributed by atoms with van der Waals surface area (Å²) in [5.74, 6) is -0.530. The molecular weight excluding hydrogens is 480 g/mol. The fourth-order valence-corrected chi connectivity index (χ4v) is 6.15. The third-order valence-corrected chi connectivity index (χ3v) is 8.32. The van der Waals surface area contributed by atoms with Gasteiger partial charge in [0.25, 0.3) is 0 Å². The van der Waals surface area contributed by atoms with Crippen molar-refractivity contribution in [2.24, 2.45) is 0 Å². The van der Waals surface area contributed by atoms with Crippen LogP contribution in [0.4, 0.5) is 0 Å². The van der Waals surface area contributed by atoms with Crippen molar-refractivity contribution < 1.29 is 27.8 Å². The molecule has 3 aromatic rings. The van der Waals surface area contributed by atoms with Gasteiger partial charge in [-0.3, -0.25) is 9.78 Å². The van der Waals surface area contributed by atoms with E-state index in [2.05, 4.69) is 4.98 Å². The minimum absolute atomic E-state index is 0.138. The van der Waals surface area contributed by atoms with Crippen LogP contribution in [0.2, 0.25) is 0 Å². The number of aliphatic carboxylic acids is 1. The predicted molar refractivity (Wildman–Crippen MR) is 135 cm³/mol. The van der Waals surface area contributed by atoms with E-state index in [1.807, 2.05) is 45.0 Å². The molecule has 1 aliphatic rings. The summed E-state index contributed by atoms with van der Waals surface area (Å²) < 4.78 is 39.7. The van der Waals surface area contributed by atoms with E-state index in [0.29, 0.717) is 17.2 Å². The number of carbonyl (C=O) groups is 1. The van der Waals surface area contributed by atoms with Crippen molar-refractivity contribution in [3.8, 4) is 11.5 Å². The molecule has 2 heterocycles. The Bertz CT molecular complexity index is 1390. The fraction of sp³-hybridized carbons (Fsp3) is 0.333. The first-order valence-electron chi connectivity index (χ1n) is 11.7. The molecule has 4 rings (SSSR count). The second kappa shape index (κ2) is 10.3. The Kier molecular flexibility index (Phi) is 7.33. The van der Waals surface area contributed by atoms with Crippen LogP contribution in [-0.4, -0.2) is 48.5 Å². The van der Waals surface area contributed by atoms with Gasteiger partial charge in [0.05, 0.1) is 26.3 Å². The number of rotatable bonds is 7. The minimum Gasteiger partial charge on any atom is -0.495 e. The zero-order chi connectivity index (χ0) is 26.0. The van der Waals surface area contributed by atoms with Crippen molar-refractivity contribution in [3.63, 3.8) is 0 Å². The molecule has 0 amide bonds. The number of para-hydroxylation sites is 1. The highest BCUT2D eigenvalue weighted by molar-refractivity contribution is 7.89. The standard InChI is InChI=1S/C27H30N2O6S/c1-17-9-10-20(24(13-27(30)31)23-12-22(34-4)14-28-19(23)3)11-21(17)16-29-15-18(2)35-25-7-5-6-8-26(25)36(29,32)33/h5-12,14,18,24H,13,15-16H2,1-4H3,(H,30,31)/t18-,24?/m1/s1. The van der Waals surface area contributed by atoms with Gasteiger partial charge in [0, 0.05) is 18.2 Å². The maximum Gasteiger partial charge on any atom is 0.304 e. The molecule has 0 spiro atoms. The normalized spacial score (nSPS) is 17.9. The molecule has 1 aromatic heterocycles. The maximum atomic E-state index is 13.5. The predicted octanol–water partition coefficient (Wildman–Crippen LogP) is 4.29. The summed E-state index contributed by atoms with van der Waals surface area (Å²) in [6.07, 6.45) is 1.12. The number of ether oxygens (including phenoxy) is 2. The van der Waals surface area contributed by atoms with Crippen molar-refractivity contribution in [3.05, 3.63) is 82.7 Å². The third-order valence-electron chi connectivity index (χ3n) is 6.47. The van der Waals surface area contributed by atoms with Crippen LogP contribution in [0.5, 0.6) is 11.5 Å². The molecule has 36 heavy (non-hydrogen) atoms. The lowest BCUT2D eigenvalue weighted by Crippen LogP contribution is -2.35. The van der Waals surface area contributed by atoms with Crippen LogP contribution >= 0.6 is 0 Å². The maximum absolute atomic E-state index is 13.5. The molecule has 0 aliphatic carbocycles. The average Bonchev–Trinajstić information content (AvgIpc) is 2.93. The van der Waals surface area contributed by atoms with Crippen LogP contribution < -0.4 is 9.47 Å². The summed E-state index contributed by atoms with van der Waals surface area (Å²) in [5.41, 5.74) is 3.95.